The van der Waals surface area contributed by atoms with Crippen LogP contribution >= 0.6 is 0 Å². The van der Waals surface area contributed by atoms with Gasteiger partial charge in [0, 0.05) is 6.54 Å². The van der Waals surface area contributed by atoms with Crippen LogP contribution in [0.3, 0.4) is 0 Å². The van der Waals surface area contributed by atoms with Gasteiger partial charge in [-0.25, -0.2) is 0 Å². The number of esters is 1. The van der Waals surface area contributed by atoms with Crippen LogP contribution in [0.15, 0.2) is 42.5 Å². The second-order valence-corrected chi connectivity index (χ2v) is 6.69. The average Bonchev–Trinajstić information content (AvgIpc) is 3.13. The first-order chi connectivity index (χ1) is 13.6. The number of cyclic esters (lactones) is 1. The van der Waals surface area contributed by atoms with Gasteiger partial charge in [0.1, 0.15) is 25.1 Å². The predicted molar refractivity (Wildman–Crippen MR) is 99.2 cm³/mol. The topological polar surface area (TPSA) is 83.1 Å². The van der Waals surface area contributed by atoms with Gasteiger partial charge in [-0.05, 0) is 35.4 Å². The number of carbonyl (C=O) groups excluding carboxylic acids is 2. The van der Waals surface area contributed by atoms with Crippen LogP contribution in [0.1, 0.15) is 23.7 Å². The summed E-state index contributed by atoms with van der Waals surface area (Å²) in [6.45, 7) is 1.31. The summed E-state index contributed by atoms with van der Waals surface area (Å²) < 4.78 is 21.8. The van der Waals surface area contributed by atoms with Gasteiger partial charge in [0.2, 0.25) is 5.91 Å². The van der Waals surface area contributed by atoms with Crippen LogP contribution in [0.5, 0.6) is 17.2 Å². The summed E-state index contributed by atoms with van der Waals surface area (Å²) in [7, 11) is 1.59. The molecule has 0 unspecified atom stereocenters. The zero-order chi connectivity index (χ0) is 19.5. The number of hydrogen-bond acceptors (Lipinski definition) is 6. The van der Waals surface area contributed by atoms with Crippen LogP contribution in [-0.2, 0) is 20.9 Å². The maximum absolute atomic E-state index is 12.8. The van der Waals surface area contributed by atoms with Crippen LogP contribution in [0.2, 0.25) is 0 Å². The van der Waals surface area contributed by atoms with Gasteiger partial charge in [-0.1, -0.05) is 18.2 Å². The van der Waals surface area contributed by atoms with Gasteiger partial charge in [-0.2, -0.15) is 0 Å². The Morgan fingerprint density at radius 3 is 2.79 bits per heavy atom. The minimum Gasteiger partial charge on any atom is -0.497 e. The van der Waals surface area contributed by atoms with Crippen molar-refractivity contribution >= 4 is 11.9 Å². The third kappa shape index (κ3) is 3.74. The van der Waals surface area contributed by atoms with Crippen molar-refractivity contribution in [2.75, 3.05) is 20.3 Å². The molecule has 2 heterocycles. The summed E-state index contributed by atoms with van der Waals surface area (Å²) in [4.78, 5) is 24.7. The fraction of sp³-hybridized carbons (Fsp3) is 0.333. The van der Waals surface area contributed by atoms with E-state index < -0.39 is 12.0 Å². The lowest BCUT2D eigenvalue weighted by Crippen LogP contribution is -2.32. The van der Waals surface area contributed by atoms with Crippen molar-refractivity contribution in [3.8, 4) is 17.2 Å². The Hall–Kier alpha value is -3.22. The second-order valence-electron chi connectivity index (χ2n) is 6.69. The van der Waals surface area contributed by atoms with E-state index in [1.54, 1.807) is 25.3 Å². The zero-order valence-electron chi connectivity index (χ0n) is 15.5. The summed E-state index contributed by atoms with van der Waals surface area (Å²) >= 11 is 0. The molecule has 0 aliphatic carbocycles. The van der Waals surface area contributed by atoms with E-state index in [0.29, 0.717) is 31.3 Å². The van der Waals surface area contributed by atoms with Gasteiger partial charge in [-0.15, -0.1) is 0 Å². The Kier molecular flexibility index (Phi) is 5.06. The van der Waals surface area contributed by atoms with Crippen molar-refractivity contribution < 1.29 is 28.5 Å². The van der Waals surface area contributed by atoms with E-state index in [1.807, 2.05) is 24.3 Å². The van der Waals surface area contributed by atoms with Gasteiger partial charge < -0.3 is 24.3 Å². The van der Waals surface area contributed by atoms with Crippen LogP contribution in [0, 0.1) is 5.92 Å². The number of fused-ring (bicyclic) bond motifs is 1. The molecule has 0 aromatic heterocycles. The first-order valence-corrected chi connectivity index (χ1v) is 9.14. The number of hydrogen-bond donors (Lipinski definition) is 1. The van der Waals surface area contributed by atoms with Crippen LogP contribution in [0.4, 0.5) is 0 Å². The first-order valence-electron chi connectivity index (χ1n) is 9.14. The lowest BCUT2D eigenvalue weighted by Gasteiger charge is -2.22. The van der Waals surface area contributed by atoms with Gasteiger partial charge in [0.05, 0.1) is 19.4 Å². The molecule has 2 atom stereocenters. The van der Waals surface area contributed by atoms with Crippen LogP contribution in [0.25, 0.3) is 0 Å². The quantitative estimate of drug-likeness (QED) is 0.799. The van der Waals surface area contributed by atoms with Crippen molar-refractivity contribution in [2.24, 2.45) is 5.92 Å². The number of ether oxygens (including phenoxy) is 4. The zero-order valence-corrected chi connectivity index (χ0v) is 15.5. The predicted octanol–water partition coefficient (Wildman–Crippen LogP) is 2.39. The van der Waals surface area contributed by atoms with Gasteiger partial charge in [-0.3, -0.25) is 9.59 Å². The van der Waals surface area contributed by atoms with Crippen LogP contribution < -0.4 is 19.5 Å². The average molecular weight is 383 g/mol. The summed E-state index contributed by atoms with van der Waals surface area (Å²) in [5.74, 6) is 0.761. The Bertz CT molecular complexity index is 896. The van der Waals surface area contributed by atoms with E-state index in [-0.39, 0.29) is 18.3 Å². The molecular weight excluding hydrogens is 362 g/mol. The maximum atomic E-state index is 12.8. The molecule has 7 heteroatoms. The number of methoxy groups -OCH3 is 1. The number of rotatable bonds is 5. The van der Waals surface area contributed by atoms with Crippen molar-refractivity contribution in [3.63, 3.8) is 0 Å². The Labute approximate surface area is 162 Å². The minimum atomic E-state index is -0.645. The molecule has 1 saturated heterocycles. The van der Waals surface area contributed by atoms with E-state index >= 15 is 0 Å². The van der Waals surface area contributed by atoms with E-state index in [0.717, 1.165) is 16.9 Å². The highest BCUT2D eigenvalue weighted by Crippen LogP contribution is 2.40. The van der Waals surface area contributed by atoms with Crippen molar-refractivity contribution in [1.82, 2.24) is 5.32 Å². The van der Waals surface area contributed by atoms with E-state index in [4.69, 9.17) is 18.9 Å². The largest absolute Gasteiger partial charge is 0.497 e. The normalized spacial score (nSPS) is 20.4. The minimum absolute atomic E-state index is 0.0447. The molecular formula is C21H21NO6. The number of benzene rings is 2. The van der Waals surface area contributed by atoms with Crippen molar-refractivity contribution in [1.29, 1.82) is 0 Å². The Balaban J connectivity index is 1.47. The smallest absolute Gasteiger partial charge is 0.307 e. The van der Waals surface area contributed by atoms with E-state index in [1.165, 1.54) is 0 Å². The summed E-state index contributed by atoms with van der Waals surface area (Å²) in [5.41, 5.74) is 1.63. The van der Waals surface area contributed by atoms with Gasteiger partial charge in [0.25, 0.3) is 0 Å². The molecule has 7 nitrogen and oxygen atoms in total. The standard InChI is InChI=1S/C21H21NO6/c1-25-15-4-2-3-13(9-15)12-22-21(24)16-11-19(23)28-20(16)14-5-6-17-18(10-14)27-8-7-26-17/h2-6,9-10,16,20H,7-8,11-12H2,1H3,(H,22,24)/t16-,20+/m1/s1. The third-order valence-corrected chi connectivity index (χ3v) is 4.84. The maximum Gasteiger partial charge on any atom is 0.307 e. The molecule has 1 N–H and O–H groups in total. The van der Waals surface area contributed by atoms with E-state index in [9.17, 15) is 9.59 Å². The summed E-state index contributed by atoms with van der Waals surface area (Å²) in [6.07, 6.45) is -0.600. The van der Waals surface area contributed by atoms with Crippen LogP contribution in [-0.4, -0.2) is 32.2 Å². The lowest BCUT2D eigenvalue weighted by atomic mass is 9.94. The molecule has 0 spiro atoms. The molecule has 0 radical (unpaired) electrons. The monoisotopic (exact) mass is 383 g/mol. The SMILES string of the molecule is COc1cccc(CNC(=O)[C@@H]2CC(=O)O[C@H]2c2ccc3c(c2)OCCO3)c1. The van der Waals surface area contributed by atoms with Crippen molar-refractivity contribution in [3.05, 3.63) is 53.6 Å². The van der Waals surface area contributed by atoms with E-state index in [2.05, 4.69) is 5.32 Å². The molecule has 1 amide bonds. The molecule has 0 bridgehead atoms. The highest BCUT2D eigenvalue weighted by Gasteiger charge is 2.41. The third-order valence-electron chi connectivity index (χ3n) is 4.84. The Morgan fingerprint density at radius 2 is 1.96 bits per heavy atom. The molecule has 4 rings (SSSR count). The molecule has 2 aromatic rings. The number of amides is 1. The molecule has 2 aromatic carbocycles. The molecule has 28 heavy (non-hydrogen) atoms. The fourth-order valence-electron chi connectivity index (χ4n) is 3.43. The van der Waals surface area contributed by atoms with Gasteiger partial charge in [0.15, 0.2) is 11.5 Å². The second kappa shape index (κ2) is 7.80. The molecule has 146 valence electrons. The first kappa shape index (κ1) is 18.2. The number of carbonyl (C=O) groups is 2. The highest BCUT2D eigenvalue weighted by molar-refractivity contribution is 5.87. The highest BCUT2D eigenvalue weighted by atomic mass is 16.6. The molecule has 2 aliphatic rings. The molecule has 0 saturated carbocycles. The summed E-state index contributed by atoms with van der Waals surface area (Å²) in [6, 6.07) is 12.8. The van der Waals surface area contributed by atoms with Gasteiger partial charge >= 0.3 is 5.97 Å². The molecule has 2 aliphatic heterocycles. The Morgan fingerprint density at radius 1 is 1.14 bits per heavy atom. The number of nitrogens with one attached hydrogen (secondary N) is 1. The molecule has 1 fully saturated rings. The summed E-state index contributed by atoms with van der Waals surface area (Å²) in [5, 5.41) is 2.89. The lowest BCUT2D eigenvalue weighted by molar-refractivity contribution is -0.141. The van der Waals surface area contributed by atoms with Crippen molar-refractivity contribution in [2.45, 2.75) is 19.1 Å². The fourth-order valence-corrected chi connectivity index (χ4v) is 3.43.